The molecule has 2 aromatic carbocycles. The number of para-hydroxylation sites is 1. The van der Waals surface area contributed by atoms with Crippen molar-refractivity contribution in [2.45, 2.75) is 13.3 Å². The smallest absolute Gasteiger partial charge is 0.248 e. The lowest BCUT2D eigenvalue weighted by Crippen LogP contribution is -2.09. The van der Waals surface area contributed by atoms with Crippen molar-refractivity contribution in [3.05, 3.63) is 53.6 Å². The Morgan fingerprint density at radius 3 is 2.24 bits per heavy atom. The summed E-state index contributed by atoms with van der Waals surface area (Å²) in [6.45, 7) is 2.05. The first-order chi connectivity index (χ1) is 12.1. The van der Waals surface area contributed by atoms with Crippen molar-refractivity contribution in [1.29, 1.82) is 0 Å². The number of aryl methyl sites for hydroxylation is 1. The van der Waals surface area contributed by atoms with Gasteiger partial charge < -0.3 is 19.5 Å². The molecule has 5 nitrogen and oxygen atoms in total. The lowest BCUT2D eigenvalue weighted by atomic mass is 10.1. The number of benzene rings is 2. The number of rotatable bonds is 7. The molecule has 1 N–H and O–H groups in total. The van der Waals surface area contributed by atoms with Crippen molar-refractivity contribution >= 4 is 17.7 Å². The quantitative estimate of drug-likeness (QED) is 0.775. The van der Waals surface area contributed by atoms with E-state index >= 15 is 0 Å². The fraction of sp³-hybridized carbons (Fsp3) is 0.250. The molecule has 0 saturated carbocycles. The molecule has 0 aliphatic heterocycles. The van der Waals surface area contributed by atoms with E-state index in [1.165, 1.54) is 6.08 Å². The molecule has 132 valence electrons. The normalized spacial score (nSPS) is 10.6. The zero-order valence-electron chi connectivity index (χ0n) is 15.0. The van der Waals surface area contributed by atoms with Crippen LogP contribution in [0.1, 0.15) is 18.1 Å². The van der Waals surface area contributed by atoms with Crippen LogP contribution in [0.5, 0.6) is 17.2 Å². The lowest BCUT2D eigenvalue weighted by Gasteiger charge is -2.12. The molecule has 0 radical (unpaired) electrons. The van der Waals surface area contributed by atoms with E-state index in [9.17, 15) is 4.79 Å². The number of methoxy groups -OCH3 is 3. The first kappa shape index (κ1) is 18.4. The third-order valence-corrected chi connectivity index (χ3v) is 3.77. The van der Waals surface area contributed by atoms with Crippen LogP contribution in [0.25, 0.3) is 6.08 Å². The third kappa shape index (κ3) is 4.53. The van der Waals surface area contributed by atoms with Crippen molar-refractivity contribution in [3.63, 3.8) is 0 Å². The minimum atomic E-state index is -0.199. The Morgan fingerprint density at radius 1 is 1.04 bits per heavy atom. The van der Waals surface area contributed by atoms with Gasteiger partial charge in [-0.05, 0) is 41.8 Å². The van der Waals surface area contributed by atoms with E-state index in [-0.39, 0.29) is 5.91 Å². The van der Waals surface area contributed by atoms with Crippen LogP contribution < -0.4 is 19.5 Å². The molecule has 0 heterocycles. The largest absolute Gasteiger partial charge is 0.493 e. The zero-order valence-corrected chi connectivity index (χ0v) is 15.0. The van der Waals surface area contributed by atoms with E-state index < -0.39 is 0 Å². The van der Waals surface area contributed by atoms with Gasteiger partial charge in [-0.2, -0.15) is 0 Å². The number of carbonyl (C=O) groups is 1. The summed E-state index contributed by atoms with van der Waals surface area (Å²) in [6.07, 6.45) is 4.04. The molecule has 0 unspecified atom stereocenters. The number of carbonyl (C=O) groups excluding carboxylic acids is 1. The highest BCUT2D eigenvalue weighted by Crippen LogP contribution is 2.38. The summed E-state index contributed by atoms with van der Waals surface area (Å²) in [5.74, 6) is 1.40. The molecule has 5 heteroatoms. The zero-order chi connectivity index (χ0) is 18.2. The summed E-state index contributed by atoms with van der Waals surface area (Å²) in [5.41, 5.74) is 2.69. The van der Waals surface area contributed by atoms with Crippen LogP contribution in [0.3, 0.4) is 0 Å². The van der Waals surface area contributed by atoms with Crippen LogP contribution in [0.2, 0.25) is 0 Å². The van der Waals surface area contributed by atoms with Gasteiger partial charge in [-0.1, -0.05) is 25.1 Å². The highest BCUT2D eigenvalue weighted by molar-refractivity contribution is 6.02. The molecule has 2 rings (SSSR count). The second-order valence-corrected chi connectivity index (χ2v) is 5.29. The molecule has 0 spiro atoms. The van der Waals surface area contributed by atoms with Gasteiger partial charge in [0.25, 0.3) is 0 Å². The summed E-state index contributed by atoms with van der Waals surface area (Å²) in [6, 6.07) is 11.3. The summed E-state index contributed by atoms with van der Waals surface area (Å²) >= 11 is 0. The number of nitrogens with one attached hydrogen (secondary N) is 1. The van der Waals surface area contributed by atoms with Crippen LogP contribution in [0.15, 0.2) is 42.5 Å². The van der Waals surface area contributed by atoms with Gasteiger partial charge in [0.15, 0.2) is 11.5 Å². The van der Waals surface area contributed by atoms with E-state index in [0.717, 1.165) is 23.2 Å². The van der Waals surface area contributed by atoms with E-state index in [1.807, 2.05) is 24.3 Å². The molecule has 0 aliphatic rings. The Kier molecular flexibility index (Phi) is 6.46. The van der Waals surface area contributed by atoms with Crippen LogP contribution in [-0.4, -0.2) is 27.2 Å². The van der Waals surface area contributed by atoms with Crippen molar-refractivity contribution < 1.29 is 19.0 Å². The molecular weight excluding hydrogens is 318 g/mol. The van der Waals surface area contributed by atoms with Crippen LogP contribution >= 0.6 is 0 Å². The number of amides is 1. The minimum Gasteiger partial charge on any atom is -0.493 e. The Balaban J connectivity index is 2.19. The fourth-order valence-corrected chi connectivity index (χ4v) is 2.49. The first-order valence-corrected chi connectivity index (χ1v) is 7.99. The molecule has 2 aromatic rings. The van der Waals surface area contributed by atoms with Crippen molar-refractivity contribution in [1.82, 2.24) is 0 Å². The van der Waals surface area contributed by atoms with E-state index in [2.05, 4.69) is 12.2 Å². The van der Waals surface area contributed by atoms with Gasteiger partial charge in [0.05, 0.1) is 21.3 Å². The predicted octanol–water partition coefficient (Wildman–Crippen LogP) is 3.93. The first-order valence-electron chi connectivity index (χ1n) is 7.99. The van der Waals surface area contributed by atoms with Gasteiger partial charge in [-0.15, -0.1) is 0 Å². The molecule has 0 fully saturated rings. The van der Waals surface area contributed by atoms with Gasteiger partial charge in [0.1, 0.15) is 0 Å². The number of anilines is 1. The minimum absolute atomic E-state index is 0.199. The molecule has 25 heavy (non-hydrogen) atoms. The predicted molar refractivity (Wildman–Crippen MR) is 99.6 cm³/mol. The maximum atomic E-state index is 12.2. The average molecular weight is 341 g/mol. The Hall–Kier alpha value is -2.95. The number of ether oxygens (including phenoxy) is 3. The van der Waals surface area contributed by atoms with E-state index in [4.69, 9.17) is 14.2 Å². The third-order valence-electron chi connectivity index (χ3n) is 3.77. The van der Waals surface area contributed by atoms with Gasteiger partial charge in [-0.3, -0.25) is 4.79 Å². The molecule has 0 bridgehead atoms. The van der Waals surface area contributed by atoms with Gasteiger partial charge >= 0.3 is 0 Å². The molecular formula is C20H23NO4. The van der Waals surface area contributed by atoms with E-state index in [1.54, 1.807) is 39.5 Å². The highest BCUT2D eigenvalue weighted by atomic mass is 16.5. The molecule has 0 atom stereocenters. The van der Waals surface area contributed by atoms with Crippen molar-refractivity contribution in [3.8, 4) is 17.2 Å². The summed E-state index contributed by atoms with van der Waals surface area (Å²) in [5, 5.41) is 2.90. The second kappa shape index (κ2) is 8.78. The molecule has 0 aromatic heterocycles. The Bertz CT molecular complexity index is 743. The van der Waals surface area contributed by atoms with Gasteiger partial charge in [0, 0.05) is 11.8 Å². The van der Waals surface area contributed by atoms with Crippen LogP contribution in [-0.2, 0) is 11.2 Å². The monoisotopic (exact) mass is 341 g/mol. The van der Waals surface area contributed by atoms with Gasteiger partial charge in [-0.25, -0.2) is 0 Å². The maximum absolute atomic E-state index is 12.2. The molecule has 0 saturated heterocycles. The Labute approximate surface area is 148 Å². The lowest BCUT2D eigenvalue weighted by molar-refractivity contribution is -0.111. The van der Waals surface area contributed by atoms with Crippen molar-refractivity contribution in [2.75, 3.05) is 26.6 Å². The van der Waals surface area contributed by atoms with Crippen LogP contribution in [0, 0.1) is 0 Å². The number of hydrogen-bond acceptors (Lipinski definition) is 4. The average Bonchev–Trinajstić information content (AvgIpc) is 2.65. The summed E-state index contributed by atoms with van der Waals surface area (Å²) in [4.78, 5) is 12.2. The topological polar surface area (TPSA) is 56.8 Å². The maximum Gasteiger partial charge on any atom is 0.248 e. The number of hydrogen-bond donors (Lipinski definition) is 1. The second-order valence-electron chi connectivity index (χ2n) is 5.29. The van der Waals surface area contributed by atoms with Crippen molar-refractivity contribution in [2.24, 2.45) is 0 Å². The summed E-state index contributed by atoms with van der Waals surface area (Å²) < 4.78 is 15.9. The SMILES string of the molecule is CCc1ccccc1NC(=O)/C=C\c1cc(OC)c(OC)c(OC)c1. The van der Waals surface area contributed by atoms with E-state index in [0.29, 0.717) is 17.2 Å². The fourth-order valence-electron chi connectivity index (χ4n) is 2.49. The molecule has 0 aliphatic carbocycles. The highest BCUT2D eigenvalue weighted by Gasteiger charge is 2.12. The Morgan fingerprint density at radius 2 is 1.68 bits per heavy atom. The van der Waals surface area contributed by atoms with Gasteiger partial charge in [0.2, 0.25) is 11.7 Å². The standard InChI is InChI=1S/C20H23NO4/c1-5-15-8-6-7-9-16(15)21-19(22)11-10-14-12-17(23-2)20(25-4)18(13-14)24-3/h6-13H,5H2,1-4H3,(H,21,22)/b11-10-. The van der Waals surface area contributed by atoms with Crippen LogP contribution in [0.4, 0.5) is 5.69 Å². The summed E-state index contributed by atoms with van der Waals surface area (Å²) in [7, 11) is 4.66. The molecule has 1 amide bonds.